The largest absolute Gasteiger partial charge is 0.376 e. The van der Waals surface area contributed by atoms with Crippen molar-refractivity contribution in [1.82, 2.24) is 9.88 Å². The summed E-state index contributed by atoms with van der Waals surface area (Å²) in [5.74, 6) is 0.422. The molecule has 4 nitrogen and oxygen atoms in total. The van der Waals surface area contributed by atoms with Crippen LogP contribution in [0.5, 0.6) is 0 Å². The summed E-state index contributed by atoms with van der Waals surface area (Å²) in [6.07, 6.45) is 4.25. The molecule has 4 rings (SSSR count). The molecule has 26 heavy (non-hydrogen) atoms. The minimum absolute atomic E-state index is 0.148. The Labute approximate surface area is 159 Å². The first-order chi connectivity index (χ1) is 12.5. The highest BCUT2D eigenvalue weighted by Gasteiger charge is 2.35. The lowest BCUT2D eigenvalue weighted by atomic mass is 10.0. The quantitative estimate of drug-likeness (QED) is 0.729. The van der Waals surface area contributed by atoms with E-state index in [-0.39, 0.29) is 17.9 Å². The highest BCUT2D eigenvalue weighted by atomic mass is 35.5. The molecule has 0 radical (unpaired) electrons. The summed E-state index contributed by atoms with van der Waals surface area (Å²) in [5, 5.41) is 1.56. The first-order valence-corrected chi connectivity index (χ1v) is 9.86. The van der Waals surface area contributed by atoms with Gasteiger partial charge in [0, 0.05) is 36.6 Å². The second kappa shape index (κ2) is 7.16. The zero-order valence-corrected chi connectivity index (χ0v) is 16.2. The molecule has 1 atom stereocenters. The second-order valence-electron chi connectivity index (χ2n) is 7.70. The van der Waals surface area contributed by atoms with E-state index in [1.54, 1.807) is 0 Å². The third-order valence-electron chi connectivity index (χ3n) is 5.50. The average molecular weight is 373 g/mol. The fourth-order valence-electron chi connectivity index (χ4n) is 3.63. The van der Waals surface area contributed by atoms with Crippen LogP contribution in [0.4, 0.5) is 0 Å². The fourth-order valence-corrected chi connectivity index (χ4v) is 3.84. The van der Waals surface area contributed by atoms with E-state index in [0.29, 0.717) is 18.2 Å². The van der Waals surface area contributed by atoms with Gasteiger partial charge in [-0.3, -0.25) is 4.79 Å². The van der Waals surface area contributed by atoms with Crippen molar-refractivity contribution < 1.29 is 9.53 Å². The third-order valence-corrected chi connectivity index (χ3v) is 5.83. The summed E-state index contributed by atoms with van der Waals surface area (Å²) in [4.78, 5) is 19.3. The molecule has 1 aromatic heterocycles. The predicted octanol–water partition coefficient (Wildman–Crippen LogP) is 4.42. The number of fused-ring (bicyclic) bond motifs is 1. The number of amides is 1. The molecule has 138 valence electrons. The highest BCUT2D eigenvalue weighted by Crippen LogP contribution is 2.33. The lowest BCUT2D eigenvalue weighted by Crippen LogP contribution is -2.38. The molecule has 2 fully saturated rings. The van der Waals surface area contributed by atoms with E-state index in [4.69, 9.17) is 16.3 Å². The second-order valence-corrected chi connectivity index (χ2v) is 8.05. The fraction of sp³-hybridized carbons (Fsp3) is 0.524. The van der Waals surface area contributed by atoms with E-state index in [2.05, 4.69) is 37.0 Å². The molecule has 5 heteroatoms. The van der Waals surface area contributed by atoms with Crippen molar-refractivity contribution in [3.05, 3.63) is 40.0 Å². The number of rotatable bonds is 5. The van der Waals surface area contributed by atoms with Gasteiger partial charge in [0.25, 0.3) is 0 Å². The van der Waals surface area contributed by atoms with Crippen LogP contribution in [0, 0.1) is 19.8 Å². The Morgan fingerprint density at radius 2 is 2.00 bits per heavy atom. The molecule has 0 bridgehead atoms. The summed E-state index contributed by atoms with van der Waals surface area (Å²) < 4.78 is 5.76. The van der Waals surface area contributed by atoms with Gasteiger partial charge in [0.1, 0.15) is 5.15 Å². The molecule has 1 saturated heterocycles. The molecule has 1 aliphatic heterocycles. The summed E-state index contributed by atoms with van der Waals surface area (Å²) in [7, 11) is 0. The number of carbonyl (C=O) groups is 1. The van der Waals surface area contributed by atoms with Gasteiger partial charge >= 0.3 is 0 Å². The van der Waals surface area contributed by atoms with Crippen molar-refractivity contribution in [2.75, 3.05) is 13.2 Å². The maximum Gasteiger partial charge on any atom is 0.226 e. The van der Waals surface area contributed by atoms with Gasteiger partial charge in [0.15, 0.2) is 0 Å². The van der Waals surface area contributed by atoms with Crippen molar-refractivity contribution in [3.8, 4) is 0 Å². The number of aromatic nitrogens is 1. The van der Waals surface area contributed by atoms with Crippen molar-refractivity contribution in [2.24, 2.45) is 5.92 Å². The van der Waals surface area contributed by atoms with Crippen LogP contribution in [-0.4, -0.2) is 35.0 Å². The first kappa shape index (κ1) is 17.7. The van der Waals surface area contributed by atoms with Crippen LogP contribution < -0.4 is 0 Å². The number of ether oxygens (including phenoxy) is 1. The topological polar surface area (TPSA) is 42.4 Å². The number of halogens is 1. The number of carbonyl (C=O) groups excluding carboxylic acids is 1. The van der Waals surface area contributed by atoms with Crippen molar-refractivity contribution in [3.63, 3.8) is 0 Å². The Hall–Kier alpha value is -1.65. The summed E-state index contributed by atoms with van der Waals surface area (Å²) in [5.41, 5.74) is 4.26. The molecule has 2 heterocycles. The van der Waals surface area contributed by atoms with Crippen LogP contribution in [0.3, 0.4) is 0 Å². The zero-order chi connectivity index (χ0) is 18.3. The van der Waals surface area contributed by atoms with Crippen LogP contribution in [0.2, 0.25) is 5.15 Å². The molecule has 1 saturated carbocycles. The number of nitrogens with zero attached hydrogens (tertiary/aromatic N) is 2. The lowest BCUT2D eigenvalue weighted by Gasteiger charge is -2.26. The number of aryl methyl sites for hydroxylation is 2. The van der Waals surface area contributed by atoms with E-state index in [0.717, 1.165) is 48.8 Å². The normalized spacial score (nSPS) is 19.9. The average Bonchev–Trinajstić information content (AvgIpc) is 3.33. The smallest absolute Gasteiger partial charge is 0.226 e. The van der Waals surface area contributed by atoms with Gasteiger partial charge < -0.3 is 9.64 Å². The minimum Gasteiger partial charge on any atom is -0.376 e. The SMILES string of the molecule is Cc1cc2cc(CN(CC3CCCO3)C(=O)C3CC3)c(Cl)nc2cc1C. The standard InChI is InChI=1S/C21H25ClN2O2/c1-13-8-16-10-17(20(22)23-19(16)9-14(13)2)11-24(21(25)15-5-6-15)12-18-4-3-7-26-18/h8-10,15,18H,3-7,11-12H2,1-2H3. The van der Waals surface area contributed by atoms with E-state index >= 15 is 0 Å². The van der Waals surface area contributed by atoms with E-state index in [9.17, 15) is 4.79 Å². The molecule has 2 aromatic rings. The Balaban J connectivity index is 1.62. The zero-order valence-electron chi connectivity index (χ0n) is 15.4. The van der Waals surface area contributed by atoms with Crippen LogP contribution in [-0.2, 0) is 16.1 Å². The Kier molecular flexibility index (Phi) is 4.89. The molecule has 0 N–H and O–H groups in total. The maximum atomic E-state index is 12.8. The number of hydrogen-bond donors (Lipinski definition) is 0. The number of benzene rings is 1. The lowest BCUT2D eigenvalue weighted by molar-refractivity contribution is -0.134. The van der Waals surface area contributed by atoms with Gasteiger partial charge in [0.05, 0.1) is 11.6 Å². The van der Waals surface area contributed by atoms with Gasteiger partial charge in [-0.1, -0.05) is 11.6 Å². The van der Waals surface area contributed by atoms with Crippen LogP contribution in [0.15, 0.2) is 18.2 Å². The molecule has 1 amide bonds. The van der Waals surface area contributed by atoms with E-state index in [1.165, 1.54) is 11.1 Å². The third kappa shape index (κ3) is 3.72. The number of hydrogen-bond acceptors (Lipinski definition) is 3. The molecule has 1 aromatic carbocycles. The monoisotopic (exact) mass is 372 g/mol. The van der Waals surface area contributed by atoms with Gasteiger partial charge in [-0.25, -0.2) is 4.98 Å². The summed E-state index contributed by atoms with van der Waals surface area (Å²) in [6.45, 7) is 6.13. The van der Waals surface area contributed by atoms with Crippen LogP contribution in [0.1, 0.15) is 42.4 Å². The molecule has 0 spiro atoms. The van der Waals surface area contributed by atoms with Crippen molar-refractivity contribution in [1.29, 1.82) is 0 Å². The van der Waals surface area contributed by atoms with Crippen LogP contribution >= 0.6 is 11.6 Å². The Morgan fingerprint density at radius 3 is 2.69 bits per heavy atom. The van der Waals surface area contributed by atoms with Crippen molar-refractivity contribution >= 4 is 28.4 Å². The van der Waals surface area contributed by atoms with E-state index in [1.807, 2.05) is 4.90 Å². The van der Waals surface area contributed by atoms with Gasteiger partial charge in [0.2, 0.25) is 5.91 Å². The molecule has 2 aliphatic rings. The first-order valence-electron chi connectivity index (χ1n) is 9.48. The highest BCUT2D eigenvalue weighted by molar-refractivity contribution is 6.30. The molecule has 1 aliphatic carbocycles. The summed E-state index contributed by atoms with van der Waals surface area (Å²) >= 11 is 6.48. The molecular weight excluding hydrogens is 348 g/mol. The van der Waals surface area contributed by atoms with Gasteiger partial charge in [-0.15, -0.1) is 0 Å². The van der Waals surface area contributed by atoms with E-state index < -0.39 is 0 Å². The Bertz CT molecular complexity index is 842. The Morgan fingerprint density at radius 1 is 1.23 bits per heavy atom. The van der Waals surface area contributed by atoms with Crippen LogP contribution in [0.25, 0.3) is 10.9 Å². The number of pyridine rings is 1. The van der Waals surface area contributed by atoms with Crippen molar-refractivity contribution in [2.45, 2.75) is 52.2 Å². The van der Waals surface area contributed by atoms with Gasteiger partial charge in [-0.05, 0) is 68.9 Å². The predicted molar refractivity (Wildman–Crippen MR) is 103 cm³/mol. The molecular formula is C21H25ClN2O2. The molecule has 1 unspecified atom stereocenters. The minimum atomic E-state index is 0.148. The van der Waals surface area contributed by atoms with Gasteiger partial charge in [-0.2, -0.15) is 0 Å². The summed E-state index contributed by atoms with van der Waals surface area (Å²) in [6, 6.07) is 6.30. The maximum absolute atomic E-state index is 12.8.